The number of aromatic hydroxyl groups is 1. The van der Waals surface area contributed by atoms with Crippen molar-refractivity contribution in [1.82, 2.24) is 10.6 Å². The van der Waals surface area contributed by atoms with Gasteiger partial charge in [0, 0.05) is 25.7 Å². The lowest BCUT2D eigenvalue weighted by Gasteiger charge is -2.24. The standard InChI is InChI=1S/C12H18N2O/c1-9-6-10(2-3-12(9)15)7-11-8-13-4-5-14-11/h2-3,6,11,13-15H,4-5,7-8H2,1H3. The van der Waals surface area contributed by atoms with Crippen LogP contribution in [-0.4, -0.2) is 30.8 Å². The number of aryl methyl sites for hydroxylation is 1. The van der Waals surface area contributed by atoms with Gasteiger partial charge < -0.3 is 15.7 Å². The van der Waals surface area contributed by atoms with Gasteiger partial charge in [-0.25, -0.2) is 0 Å². The first kappa shape index (κ1) is 10.5. The van der Waals surface area contributed by atoms with Gasteiger partial charge in [0.25, 0.3) is 0 Å². The summed E-state index contributed by atoms with van der Waals surface area (Å²) in [6, 6.07) is 6.35. The van der Waals surface area contributed by atoms with Gasteiger partial charge in [0.15, 0.2) is 0 Å². The van der Waals surface area contributed by atoms with E-state index in [1.165, 1.54) is 5.56 Å². The third-order valence-corrected chi connectivity index (χ3v) is 2.87. The SMILES string of the molecule is Cc1cc(CC2CNCCN2)ccc1O. The summed E-state index contributed by atoms with van der Waals surface area (Å²) in [5.74, 6) is 0.383. The largest absolute Gasteiger partial charge is 0.508 e. The van der Waals surface area contributed by atoms with Crippen molar-refractivity contribution < 1.29 is 5.11 Å². The Bertz CT molecular complexity index is 332. The van der Waals surface area contributed by atoms with Crippen LogP contribution in [0, 0.1) is 6.92 Å². The molecule has 1 aromatic carbocycles. The van der Waals surface area contributed by atoms with Gasteiger partial charge in [-0.3, -0.25) is 0 Å². The summed E-state index contributed by atoms with van der Waals surface area (Å²) in [5.41, 5.74) is 2.24. The molecule has 82 valence electrons. The highest BCUT2D eigenvalue weighted by atomic mass is 16.3. The van der Waals surface area contributed by atoms with E-state index in [1.54, 1.807) is 6.07 Å². The minimum Gasteiger partial charge on any atom is -0.508 e. The van der Waals surface area contributed by atoms with Gasteiger partial charge in [-0.15, -0.1) is 0 Å². The zero-order chi connectivity index (χ0) is 10.7. The Labute approximate surface area is 90.5 Å². The fourth-order valence-electron chi connectivity index (χ4n) is 1.99. The average Bonchev–Trinajstić information content (AvgIpc) is 2.25. The minimum absolute atomic E-state index is 0.383. The van der Waals surface area contributed by atoms with Gasteiger partial charge in [-0.05, 0) is 30.5 Å². The Kier molecular flexibility index (Phi) is 3.23. The summed E-state index contributed by atoms with van der Waals surface area (Å²) >= 11 is 0. The second kappa shape index (κ2) is 4.64. The van der Waals surface area contributed by atoms with E-state index in [-0.39, 0.29) is 0 Å². The molecule has 2 rings (SSSR count). The molecular weight excluding hydrogens is 188 g/mol. The van der Waals surface area contributed by atoms with Crippen LogP contribution in [-0.2, 0) is 6.42 Å². The van der Waals surface area contributed by atoms with Crippen LogP contribution in [0.2, 0.25) is 0 Å². The predicted octanol–water partition coefficient (Wildman–Crippen LogP) is 0.805. The number of hydrogen-bond donors (Lipinski definition) is 3. The molecule has 3 heteroatoms. The van der Waals surface area contributed by atoms with Gasteiger partial charge in [0.05, 0.1) is 0 Å². The van der Waals surface area contributed by atoms with Crippen molar-refractivity contribution >= 4 is 0 Å². The third-order valence-electron chi connectivity index (χ3n) is 2.87. The van der Waals surface area contributed by atoms with Gasteiger partial charge in [0.1, 0.15) is 5.75 Å². The number of phenolic OH excluding ortho intramolecular Hbond substituents is 1. The Hall–Kier alpha value is -1.06. The van der Waals surface area contributed by atoms with Crippen LogP contribution < -0.4 is 10.6 Å². The van der Waals surface area contributed by atoms with Crippen LogP contribution in [0.25, 0.3) is 0 Å². The molecule has 3 N–H and O–H groups in total. The lowest BCUT2D eigenvalue weighted by Crippen LogP contribution is -2.49. The maximum absolute atomic E-state index is 9.42. The summed E-state index contributed by atoms with van der Waals surface area (Å²) in [6.07, 6.45) is 1.02. The van der Waals surface area contributed by atoms with Crippen molar-refractivity contribution in [2.75, 3.05) is 19.6 Å². The van der Waals surface area contributed by atoms with Crippen LogP contribution in [0.15, 0.2) is 18.2 Å². The van der Waals surface area contributed by atoms with E-state index in [4.69, 9.17) is 0 Å². The summed E-state index contributed by atoms with van der Waals surface area (Å²) in [7, 11) is 0. The highest BCUT2D eigenvalue weighted by molar-refractivity contribution is 5.35. The predicted molar refractivity (Wildman–Crippen MR) is 61.2 cm³/mol. The smallest absolute Gasteiger partial charge is 0.118 e. The Balaban J connectivity index is 2.00. The van der Waals surface area contributed by atoms with E-state index >= 15 is 0 Å². The van der Waals surface area contributed by atoms with Gasteiger partial charge in [-0.2, -0.15) is 0 Å². The molecule has 0 aromatic heterocycles. The average molecular weight is 206 g/mol. The molecule has 1 saturated heterocycles. The van der Waals surface area contributed by atoms with E-state index in [2.05, 4.69) is 16.7 Å². The van der Waals surface area contributed by atoms with E-state index in [9.17, 15) is 5.11 Å². The number of phenols is 1. The summed E-state index contributed by atoms with van der Waals surface area (Å²) in [5, 5.41) is 16.3. The van der Waals surface area contributed by atoms with Crippen LogP contribution in [0.3, 0.4) is 0 Å². The van der Waals surface area contributed by atoms with Crippen molar-refractivity contribution in [1.29, 1.82) is 0 Å². The molecule has 0 spiro atoms. The summed E-state index contributed by atoms with van der Waals surface area (Å²) < 4.78 is 0. The lowest BCUT2D eigenvalue weighted by molar-refractivity contribution is 0.416. The molecule has 1 unspecified atom stereocenters. The van der Waals surface area contributed by atoms with Crippen molar-refractivity contribution in [3.63, 3.8) is 0 Å². The lowest BCUT2D eigenvalue weighted by atomic mass is 10.0. The molecule has 1 atom stereocenters. The number of rotatable bonds is 2. The normalized spacial score (nSPS) is 21.5. The Morgan fingerprint density at radius 3 is 2.93 bits per heavy atom. The van der Waals surface area contributed by atoms with Gasteiger partial charge >= 0.3 is 0 Å². The highest BCUT2D eigenvalue weighted by Crippen LogP contribution is 2.17. The summed E-state index contributed by atoms with van der Waals surface area (Å²) in [6.45, 7) is 5.07. The van der Waals surface area contributed by atoms with Gasteiger partial charge in [-0.1, -0.05) is 12.1 Å². The monoisotopic (exact) mass is 206 g/mol. The first-order valence-electron chi connectivity index (χ1n) is 5.48. The van der Waals surface area contributed by atoms with Crippen molar-refractivity contribution in [2.24, 2.45) is 0 Å². The number of piperazine rings is 1. The molecule has 1 heterocycles. The number of hydrogen-bond acceptors (Lipinski definition) is 3. The van der Waals surface area contributed by atoms with Crippen molar-refractivity contribution in [3.8, 4) is 5.75 Å². The number of benzene rings is 1. The fraction of sp³-hybridized carbons (Fsp3) is 0.500. The zero-order valence-electron chi connectivity index (χ0n) is 9.09. The summed E-state index contributed by atoms with van der Waals surface area (Å²) in [4.78, 5) is 0. The number of nitrogens with one attached hydrogen (secondary N) is 2. The van der Waals surface area contributed by atoms with E-state index < -0.39 is 0 Å². The van der Waals surface area contributed by atoms with Crippen LogP contribution in [0.1, 0.15) is 11.1 Å². The molecule has 1 aromatic rings. The molecule has 0 aliphatic carbocycles. The van der Waals surface area contributed by atoms with E-state index in [1.807, 2.05) is 13.0 Å². The quantitative estimate of drug-likeness (QED) is 0.671. The topological polar surface area (TPSA) is 44.3 Å². The highest BCUT2D eigenvalue weighted by Gasteiger charge is 2.12. The zero-order valence-corrected chi connectivity index (χ0v) is 9.09. The third kappa shape index (κ3) is 2.70. The van der Waals surface area contributed by atoms with Gasteiger partial charge in [0.2, 0.25) is 0 Å². The Morgan fingerprint density at radius 1 is 1.40 bits per heavy atom. The molecular formula is C12H18N2O. The molecule has 1 aliphatic heterocycles. The molecule has 0 radical (unpaired) electrons. The molecule has 1 aliphatic rings. The van der Waals surface area contributed by atoms with Crippen LogP contribution in [0.5, 0.6) is 5.75 Å². The van der Waals surface area contributed by atoms with E-state index in [0.29, 0.717) is 11.8 Å². The molecule has 15 heavy (non-hydrogen) atoms. The molecule has 3 nitrogen and oxygen atoms in total. The maximum Gasteiger partial charge on any atom is 0.118 e. The van der Waals surface area contributed by atoms with Crippen molar-refractivity contribution in [2.45, 2.75) is 19.4 Å². The molecule has 0 amide bonds. The first-order chi connectivity index (χ1) is 7.25. The maximum atomic E-state index is 9.42. The fourth-order valence-corrected chi connectivity index (χ4v) is 1.99. The van der Waals surface area contributed by atoms with Crippen LogP contribution >= 0.6 is 0 Å². The van der Waals surface area contributed by atoms with Crippen molar-refractivity contribution in [3.05, 3.63) is 29.3 Å². The first-order valence-corrected chi connectivity index (χ1v) is 5.48. The Morgan fingerprint density at radius 2 is 2.27 bits per heavy atom. The minimum atomic E-state index is 0.383. The molecule has 0 saturated carbocycles. The second-order valence-electron chi connectivity index (χ2n) is 4.18. The van der Waals surface area contributed by atoms with E-state index in [0.717, 1.165) is 31.6 Å². The second-order valence-corrected chi connectivity index (χ2v) is 4.18. The van der Waals surface area contributed by atoms with Crippen LogP contribution in [0.4, 0.5) is 0 Å². The molecule has 1 fully saturated rings. The molecule has 0 bridgehead atoms.